The van der Waals surface area contributed by atoms with Crippen LogP contribution < -0.4 is 16.2 Å². The Bertz CT molecular complexity index is 728. The molecule has 1 fully saturated rings. The molecular formula is C16H25N5O4S. The summed E-state index contributed by atoms with van der Waals surface area (Å²) in [4.78, 5) is 27.9. The Morgan fingerprint density at radius 3 is 2.23 bits per heavy atom. The number of primary sulfonamides is 1. The maximum Gasteiger partial charge on any atom is 0.311 e. The molecule has 0 unspecified atom stereocenters. The van der Waals surface area contributed by atoms with Crippen molar-refractivity contribution >= 4 is 21.8 Å². The van der Waals surface area contributed by atoms with Crippen LogP contribution in [0, 0.1) is 0 Å². The van der Waals surface area contributed by atoms with E-state index in [0.717, 1.165) is 12.1 Å². The first-order valence-electron chi connectivity index (χ1n) is 8.42. The number of sulfonamides is 1. The third kappa shape index (κ3) is 5.77. The second-order valence-corrected chi connectivity index (χ2v) is 7.68. The first-order chi connectivity index (χ1) is 12.3. The number of hydrogen-bond acceptors (Lipinski definition) is 6. The van der Waals surface area contributed by atoms with Crippen molar-refractivity contribution in [1.82, 2.24) is 15.1 Å². The van der Waals surface area contributed by atoms with E-state index in [1.54, 1.807) is 17.0 Å². The number of benzene rings is 1. The van der Waals surface area contributed by atoms with Crippen LogP contribution in [0.4, 0.5) is 0 Å². The first-order valence-corrected chi connectivity index (χ1v) is 9.97. The van der Waals surface area contributed by atoms with Crippen LogP contribution in [-0.2, 0) is 26.0 Å². The van der Waals surface area contributed by atoms with E-state index < -0.39 is 21.8 Å². The Kier molecular flexibility index (Phi) is 7.09. The minimum absolute atomic E-state index is 0.0363. The highest BCUT2D eigenvalue weighted by Crippen LogP contribution is 2.09. The van der Waals surface area contributed by atoms with Crippen molar-refractivity contribution in [2.45, 2.75) is 11.3 Å². The van der Waals surface area contributed by atoms with Crippen LogP contribution in [0.3, 0.4) is 0 Å². The van der Waals surface area contributed by atoms with E-state index in [4.69, 9.17) is 10.9 Å². The van der Waals surface area contributed by atoms with Gasteiger partial charge in [-0.25, -0.2) is 13.6 Å². The summed E-state index contributed by atoms with van der Waals surface area (Å²) in [5, 5.41) is 7.64. The van der Waals surface area contributed by atoms with Crippen LogP contribution >= 0.6 is 0 Å². The van der Waals surface area contributed by atoms with E-state index >= 15 is 0 Å². The molecule has 1 aromatic rings. The minimum Gasteiger partial charge on any atom is -0.347 e. The normalized spacial score (nSPS) is 15.7. The summed E-state index contributed by atoms with van der Waals surface area (Å²) < 4.78 is 22.4. The first kappa shape index (κ1) is 20.3. The van der Waals surface area contributed by atoms with Gasteiger partial charge in [-0.15, -0.1) is 0 Å². The smallest absolute Gasteiger partial charge is 0.311 e. The summed E-state index contributed by atoms with van der Waals surface area (Å²) in [6, 6.07) is 6.09. The van der Waals surface area contributed by atoms with Crippen molar-refractivity contribution in [2.75, 3.05) is 45.8 Å². The topological polar surface area (TPSA) is 139 Å². The average molecular weight is 383 g/mol. The zero-order valence-electron chi connectivity index (χ0n) is 14.6. The Labute approximate surface area is 153 Å². The Balaban J connectivity index is 1.75. The Morgan fingerprint density at radius 1 is 1.08 bits per heavy atom. The molecule has 0 atom stereocenters. The monoisotopic (exact) mass is 383 g/mol. The molecule has 1 aliphatic rings. The fraction of sp³-hybridized carbons (Fsp3) is 0.500. The fourth-order valence-corrected chi connectivity index (χ4v) is 3.26. The van der Waals surface area contributed by atoms with Gasteiger partial charge in [0, 0.05) is 45.8 Å². The molecular weight excluding hydrogens is 358 g/mol. The predicted molar refractivity (Wildman–Crippen MR) is 96.6 cm³/mol. The molecule has 5 N–H and O–H groups in total. The van der Waals surface area contributed by atoms with E-state index in [0.29, 0.717) is 39.1 Å². The van der Waals surface area contributed by atoms with Crippen molar-refractivity contribution in [1.29, 1.82) is 0 Å². The second kappa shape index (κ2) is 9.08. The number of rotatable bonds is 6. The molecule has 10 heteroatoms. The van der Waals surface area contributed by atoms with Crippen molar-refractivity contribution in [2.24, 2.45) is 10.9 Å². The van der Waals surface area contributed by atoms with Crippen LogP contribution in [-0.4, -0.2) is 75.8 Å². The molecule has 144 valence electrons. The van der Waals surface area contributed by atoms with Crippen LogP contribution in [0.1, 0.15) is 5.56 Å². The van der Waals surface area contributed by atoms with Gasteiger partial charge in [0.15, 0.2) is 0 Å². The van der Waals surface area contributed by atoms with Crippen molar-refractivity contribution in [3.05, 3.63) is 29.8 Å². The molecule has 2 rings (SSSR count). The zero-order chi connectivity index (χ0) is 19.2. The van der Waals surface area contributed by atoms with E-state index in [-0.39, 0.29) is 11.4 Å². The van der Waals surface area contributed by atoms with Gasteiger partial charge < -0.3 is 16.0 Å². The maximum atomic E-state index is 12.2. The van der Waals surface area contributed by atoms with Crippen molar-refractivity contribution in [3.63, 3.8) is 0 Å². The molecule has 0 aliphatic carbocycles. The van der Waals surface area contributed by atoms with Crippen molar-refractivity contribution < 1.29 is 18.0 Å². The number of nitrogens with zero attached hydrogens (tertiary/aromatic N) is 2. The molecule has 1 aliphatic heterocycles. The second-order valence-electron chi connectivity index (χ2n) is 6.12. The lowest BCUT2D eigenvalue weighted by atomic mass is 10.1. The van der Waals surface area contributed by atoms with Crippen LogP contribution in [0.15, 0.2) is 29.2 Å². The van der Waals surface area contributed by atoms with Gasteiger partial charge in [-0.3, -0.25) is 14.5 Å². The zero-order valence-corrected chi connectivity index (χ0v) is 15.4. The standard InChI is InChI=1S/C16H25N5O4S/c17-6-8-20-9-11-21(12-10-20)16(23)15(22)19-7-5-13-1-3-14(4-2-13)26(18,24)25/h1-4H,5-12,17H2,(H,19,22)(H2,18,24,25). The molecule has 1 aromatic carbocycles. The molecule has 0 bridgehead atoms. The summed E-state index contributed by atoms with van der Waals surface area (Å²) in [5.41, 5.74) is 6.35. The van der Waals surface area contributed by atoms with E-state index in [9.17, 15) is 18.0 Å². The Hall–Kier alpha value is -2.01. The summed E-state index contributed by atoms with van der Waals surface area (Å²) in [7, 11) is -3.72. The van der Waals surface area contributed by atoms with Gasteiger partial charge in [-0.1, -0.05) is 12.1 Å². The molecule has 26 heavy (non-hydrogen) atoms. The number of nitrogens with one attached hydrogen (secondary N) is 1. The number of amides is 2. The fourth-order valence-electron chi connectivity index (χ4n) is 2.74. The van der Waals surface area contributed by atoms with Crippen LogP contribution in [0.2, 0.25) is 0 Å². The third-order valence-corrected chi connectivity index (χ3v) is 5.18. The highest BCUT2D eigenvalue weighted by molar-refractivity contribution is 7.89. The molecule has 9 nitrogen and oxygen atoms in total. The summed E-state index contributed by atoms with van der Waals surface area (Å²) in [6.45, 7) is 4.11. The maximum absolute atomic E-state index is 12.2. The highest BCUT2D eigenvalue weighted by atomic mass is 32.2. The molecule has 0 aromatic heterocycles. The average Bonchev–Trinajstić information content (AvgIpc) is 2.61. The number of carbonyl (C=O) groups excluding carboxylic acids is 2. The molecule has 0 spiro atoms. The SMILES string of the molecule is NCCN1CCN(C(=O)C(=O)NCCc2ccc(S(N)(=O)=O)cc2)CC1. The molecule has 1 heterocycles. The molecule has 0 saturated carbocycles. The van der Waals surface area contributed by atoms with Gasteiger partial charge in [0.05, 0.1) is 4.90 Å². The molecule has 2 amide bonds. The van der Waals surface area contributed by atoms with Gasteiger partial charge in [-0.2, -0.15) is 0 Å². The number of nitrogens with two attached hydrogens (primary N) is 2. The van der Waals surface area contributed by atoms with Gasteiger partial charge in [0.2, 0.25) is 10.0 Å². The lowest BCUT2D eigenvalue weighted by molar-refractivity contribution is -0.146. The Morgan fingerprint density at radius 2 is 1.69 bits per heavy atom. The van der Waals surface area contributed by atoms with Gasteiger partial charge in [0.1, 0.15) is 0 Å². The third-order valence-electron chi connectivity index (χ3n) is 4.25. The van der Waals surface area contributed by atoms with E-state index in [2.05, 4.69) is 10.2 Å². The number of hydrogen-bond donors (Lipinski definition) is 3. The lowest BCUT2D eigenvalue weighted by Gasteiger charge is -2.34. The van der Waals surface area contributed by atoms with Crippen LogP contribution in [0.25, 0.3) is 0 Å². The van der Waals surface area contributed by atoms with Crippen molar-refractivity contribution in [3.8, 4) is 0 Å². The summed E-state index contributed by atoms with van der Waals surface area (Å²) in [6.07, 6.45) is 0.480. The predicted octanol–water partition coefficient (Wildman–Crippen LogP) is -1.90. The molecule has 1 saturated heterocycles. The van der Waals surface area contributed by atoms with E-state index in [1.165, 1.54) is 12.1 Å². The lowest BCUT2D eigenvalue weighted by Crippen LogP contribution is -2.53. The number of piperazine rings is 1. The summed E-state index contributed by atoms with van der Waals surface area (Å²) >= 11 is 0. The summed E-state index contributed by atoms with van der Waals surface area (Å²) in [5.74, 6) is -1.15. The van der Waals surface area contributed by atoms with E-state index in [1.807, 2.05) is 0 Å². The highest BCUT2D eigenvalue weighted by Gasteiger charge is 2.25. The van der Waals surface area contributed by atoms with Gasteiger partial charge >= 0.3 is 11.8 Å². The van der Waals surface area contributed by atoms with Gasteiger partial charge in [-0.05, 0) is 24.1 Å². The largest absolute Gasteiger partial charge is 0.347 e. The minimum atomic E-state index is -3.72. The molecule has 0 radical (unpaired) electrons. The van der Waals surface area contributed by atoms with Gasteiger partial charge in [0.25, 0.3) is 0 Å². The van der Waals surface area contributed by atoms with Crippen LogP contribution in [0.5, 0.6) is 0 Å². The quantitative estimate of drug-likeness (QED) is 0.490. The number of carbonyl (C=O) groups is 2.